The smallest absolute Gasteiger partial charge is 0.333 e. The molecular weight excluding hydrogens is 280 g/mol. The first-order chi connectivity index (χ1) is 9.27. The van der Waals surface area contributed by atoms with Crippen LogP contribution in [0.15, 0.2) is 0 Å². The predicted molar refractivity (Wildman–Crippen MR) is 58.5 cm³/mol. The topological polar surface area (TPSA) is 174 Å². The maximum Gasteiger partial charge on any atom is 0.333 e. The number of hydrogen-bond acceptors (Lipinski definition) is 8. The number of rotatable bonds is 6. The zero-order valence-corrected chi connectivity index (χ0v) is 10.2. The minimum absolute atomic E-state index is 0.707. The summed E-state index contributed by atoms with van der Waals surface area (Å²) in [5, 5.41) is 54.8. The van der Waals surface area contributed by atoms with Gasteiger partial charge in [-0.05, 0) is 0 Å². The Hall–Kier alpha value is -1.30. The number of aliphatic hydroxyl groups is 4. The first-order valence-corrected chi connectivity index (χ1v) is 5.68. The van der Waals surface area contributed by atoms with E-state index >= 15 is 0 Å². The summed E-state index contributed by atoms with van der Waals surface area (Å²) >= 11 is 0. The fourth-order valence-electron chi connectivity index (χ4n) is 1.69. The van der Waals surface area contributed by atoms with Gasteiger partial charge in [0.2, 0.25) is 0 Å². The fourth-order valence-corrected chi connectivity index (χ4v) is 1.69. The van der Waals surface area contributed by atoms with Crippen LogP contribution in [-0.4, -0.2) is 86.0 Å². The summed E-state index contributed by atoms with van der Waals surface area (Å²) in [4.78, 5) is 21.3. The molecule has 6 atom stereocenters. The van der Waals surface area contributed by atoms with E-state index in [1.54, 1.807) is 0 Å². The standard InChI is InChI=1S/C10H16O10/c11-2-4-6(14)7(15)8(16)10(20-4)19-3(9(17)18)1-5(12)13/h3-4,6-8,10-11,14-16H,1-2H2,(H,12,13)(H,17,18)/t3-,4?,6-,7?,8?,10-/m0/s1. The van der Waals surface area contributed by atoms with E-state index < -0.39 is 61.8 Å². The van der Waals surface area contributed by atoms with E-state index in [0.717, 1.165) is 0 Å². The Balaban J connectivity index is 2.77. The van der Waals surface area contributed by atoms with Gasteiger partial charge < -0.3 is 40.1 Å². The third kappa shape index (κ3) is 3.85. The number of hydrogen-bond donors (Lipinski definition) is 6. The SMILES string of the molecule is O=C(O)C[C@H](O[C@H]1OC(CO)[C@H](O)C(O)C1O)C(=O)O. The minimum atomic E-state index is -1.81. The van der Waals surface area contributed by atoms with Crippen molar-refractivity contribution in [3.05, 3.63) is 0 Å². The van der Waals surface area contributed by atoms with Crippen molar-refractivity contribution >= 4 is 11.9 Å². The highest BCUT2D eigenvalue weighted by Gasteiger charge is 2.45. The number of carboxylic acids is 2. The highest BCUT2D eigenvalue weighted by Crippen LogP contribution is 2.23. The van der Waals surface area contributed by atoms with Crippen LogP contribution < -0.4 is 0 Å². The number of aliphatic hydroxyl groups excluding tert-OH is 4. The monoisotopic (exact) mass is 296 g/mol. The van der Waals surface area contributed by atoms with Gasteiger partial charge in [0.05, 0.1) is 13.0 Å². The summed E-state index contributed by atoms with van der Waals surface area (Å²) in [6, 6.07) is 0. The summed E-state index contributed by atoms with van der Waals surface area (Å²) < 4.78 is 9.70. The van der Waals surface area contributed by atoms with Crippen molar-refractivity contribution in [1.82, 2.24) is 0 Å². The van der Waals surface area contributed by atoms with Crippen molar-refractivity contribution in [2.24, 2.45) is 0 Å². The Kier molecular flexibility index (Phi) is 5.80. The molecule has 1 saturated heterocycles. The third-order valence-electron chi connectivity index (χ3n) is 2.78. The zero-order valence-electron chi connectivity index (χ0n) is 10.2. The lowest BCUT2D eigenvalue weighted by Crippen LogP contribution is -2.60. The molecule has 20 heavy (non-hydrogen) atoms. The molecule has 0 aliphatic carbocycles. The summed E-state index contributed by atoms with van der Waals surface area (Å²) in [6.45, 7) is -0.707. The first-order valence-electron chi connectivity index (χ1n) is 5.68. The van der Waals surface area contributed by atoms with Crippen LogP contribution in [0, 0.1) is 0 Å². The van der Waals surface area contributed by atoms with Crippen molar-refractivity contribution in [3.8, 4) is 0 Å². The molecule has 10 nitrogen and oxygen atoms in total. The molecule has 0 amide bonds. The zero-order chi connectivity index (χ0) is 15.4. The number of ether oxygens (including phenoxy) is 2. The van der Waals surface area contributed by atoms with Crippen molar-refractivity contribution in [2.75, 3.05) is 6.61 Å². The molecule has 0 aromatic rings. The molecule has 10 heteroatoms. The minimum Gasteiger partial charge on any atom is -0.481 e. The summed E-state index contributed by atoms with van der Waals surface area (Å²) in [5.74, 6) is -3.04. The van der Waals surface area contributed by atoms with Gasteiger partial charge >= 0.3 is 11.9 Å². The highest BCUT2D eigenvalue weighted by atomic mass is 16.7. The van der Waals surface area contributed by atoms with Crippen LogP contribution in [0.4, 0.5) is 0 Å². The number of aliphatic carboxylic acids is 2. The lowest BCUT2D eigenvalue weighted by molar-refractivity contribution is -0.310. The van der Waals surface area contributed by atoms with Gasteiger partial charge in [-0.2, -0.15) is 0 Å². The third-order valence-corrected chi connectivity index (χ3v) is 2.78. The lowest BCUT2D eigenvalue weighted by Gasteiger charge is -2.40. The van der Waals surface area contributed by atoms with Crippen molar-refractivity contribution < 1.29 is 49.7 Å². The summed E-state index contributed by atoms with van der Waals surface area (Å²) in [5.41, 5.74) is 0. The van der Waals surface area contributed by atoms with Crippen LogP contribution in [-0.2, 0) is 19.1 Å². The molecule has 0 radical (unpaired) electrons. The fraction of sp³-hybridized carbons (Fsp3) is 0.800. The normalized spacial score (nSPS) is 35.5. The molecule has 1 heterocycles. The largest absolute Gasteiger partial charge is 0.481 e. The van der Waals surface area contributed by atoms with Crippen molar-refractivity contribution in [2.45, 2.75) is 43.2 Å². The molecule has 3 unspecified atom stereocenters. The van der Waals surface area contributed by atoms with E-state index in [9.17, 15) is 24.9 Å². The van der Waals surface area contributed by atoms with Crippen molar-refractivity contribution in [3.63, 3.8) is 0 Å². The molecule has 1 rings (SSSR count). The van der Waals surface area contributed by atoms with Crippen LogP contribution >= 0.6 is 0 Å². The van der Waals surface area contributed by atoms with Gasteiger partial charge in [0.25, 0.3) is 0 Å². The van der Waals surface area contributed by atoms with Gasteiger partial charge in [-0.25, -0.2) is 4.79 Å². The Morgan fingerprint density at radius 3 is 2.15 bits per heavy atom. The quantitative estimate of drug-likeness (QED) is 0.292. The van der Waals surface area contributed by atoms with Gasteiger partial charge in [-0.1, -0.05) is 0 Å². The van der Waals surface area contributed by atoms with Crippen LogP contribution in [0.3, 0.4) is 0 Å². The maximum atomic E-state index is 10.8. The van der Waals surface area contributed by atoms with E-state index in [-0.39, 0.29) is 0 Å². The Morgan fingerprint density at radius 1 is 1.10 bits per heavy atom. The molecule has 1 aliphatic heterocycles. The Labute approximate surface area is 112 Å². The first kappa shape index (κ1) is 16.8. The second-order valence-corrected chi connectivity index (χ2v) is 4.26. The van der Waals surface area contributed by atoms with E-state index in [4.69, 9.17) is 24.8 Å². The average molecular weight is 296 g/mol. The number of carboxylic acid groups (broad SMARTS) is 2. The van der Waals surface area contributed by atoms with Crippen LogP contribution in [0.1, 0.15) is 6.42 Å². The van der Waals surface area contributed by atoms with Crippen molar-refractivity contribution in [1.29, 1.82) is 0 Å². The van der Waals surface area contributed by atoms with E-state index in [0.29, 0.717) is 0 Å². The Morgan fingerprint density at radius 2 is 1.70 bits per heavy atom. The van der Waals surface area contributed by atoms with E-state index in [1.807, 2.05) is 0 Å². The highest BCUT2D eigenvalue weighted by molar-refractivity contribution is 5.79. The second-order valence-electron chi connectivity index (χ2n) is 4.26. The molecule has 0 saturated carbocycles. The molecule has 0 aromatic heterocycles. The number of carbonyl (C=O) groups is 2. The van der Waals surface area contributed by atoms with Crippen LogP contribution in [0.5, 0.6) is 0 Å². The molecular formula is C10H16O10. The van der Waals surface area contributed by atoms with Crippen LogP contribution in [0.2, 0.25) is 0 Å². The molecule has 1 fully saturated rings. The molecule has 6 N–H and O–H groups in total. The van der Waals surface area contributed by atoms with Gasteiger partial charge in [-0.15, -0.1) is 0 Å². The van der Waals surface area contributed by atoms with E-state index in [1.165, 1.54) is 0 Å². The lowest BCUT2D eigenvalue weighted by atomic mass is 9.99. The molecule has 0 aromatic carbocycles. The molecule has 0 spiro atoms. The van der Waals surface area contributed by atoms with E-state index in [2.05, 4.69) is 0 Å². The summed E-state index contributed by atoms with van der Waals surface area (Å²) in [6.07, 6.45) is -10.8. The van der Waals surface area contributed by atoms with Gasteiger partial charge in [0, 0.05) is 0 Å². The van der Waals surface area contributed by atoms with Gasteiger partial charge in [-0.3, -0.25) is 4.79 Å². The molecule has 1 aliphatic rings. The summed E-state index contributed by atoms with van der Waals surface area (Å²) in [7, 11) is 0. The molecule has 116 valence electrons. The van der Waals surface area contributed by atoms with Crippen LogP contribution in [0.25, 0.3) is 0 Å². The second kappa shape index (κ2) is 6.92. The Bertz CT molecular complexity index is 356. The molecule has 0 bridgehead atoms. The van der Waals surface area contributed by atoms with Gasteiger partial charge in [0.1, 0.15) is 24.4 Å². The average Bonchev–Trinajstić information content (AvgIpc) is 2.37. The van der Waals surface area contributed by atoms with Gasteiger partial charge in [0.15, 0.2) is 12.4 Å². The predicted octanol–water partition coefficient (Wildman–Crippen LogP) is -3.27. The maximum absolute atomic E-state index is 10.8.